The van der Waals surface area contributed by atoms with Crippen molar-refractivity contribution in [2.45, 2.75) is 13.2 Å². The molecule has 0 aromatic heterocycles. The van der Waals surface area contributed by atoms with Crippen LogP contribution in [-0.4, -0.2) is 10.1 Å². The highest BCUT2D eigenvalue weighted by Crippen LogP contribution is 2.06. The summed E-state index contributed by atoms with van der Waals surface area (Å²) in [6.45, 7) is 0.784. The third-order valence-electron chi connectivity index (χ3n) is 2.69. The van der Waals surface area contributed by atoms with Crippen molar-refractivity contribution in [1.82, 2.24) is 5.32 Å². The lowest BCUT2D eigenvalue weighted by molar-refractivity contribution is 0.282. The van der Waals surface area contributed by atoms with E-state index in [2.05, 4.69) is 17.4 Å². The first-order valence-electron chi connectivity index (χ1n) is 5.81. The fourth-order valence-corrected chi connectivity index (χ4v) is 1.85. The predicted molar refractivity (Wildman–Crippen MR) is 77.3 cm³/mol. The van der Waals surface area contributed by atoms with Crippen LogP contribution in [0.15, 0.2) is 54.6 Å². The van der Waals surface area contributed by atoms with E-state index in [4.69, 9.17) is 17.3 Å². The Kier molecular flexibility index (Phi) is 4.45. The molecule has 0 unspecified atom stereocenters. The second-order valence-corrected chi connectivity index (χ2v) is 4.43. The zero-order chi connectivity index (χ0) is 12.8. The van der Waals surface area contributed by atoms with Gasteiger partial charge in [0.05, 0.1) is 6.61 Å². The van der Waals surface area contributed by atoms with Gasteiger partial charge < -0.3 is 10.4 Å². The molecule has 2 aromatic carbocycles. The third-order valence-corrected chi connectivity index (χ3v) is 3.07. The molecule has 0 radical (unpaired) electrons. The van der Waals surface area contributed by atoms with Crippen LogP contribution in [0, 0.1) is 0 Å². The minimum Gasteiger partial charge on any atom is -0.392 e. The van der Waals surface area contributed by atoms with Gasteiger partial charge in [0.1, 0.15) is 4.99 Å². The maximum atomic E-state index is 8.97. The molecule has 0 atom stereocenters. The van der Waals surface area contributed by atoms with Gasteiger partial charge in [-0.1, -0.05) is 66.8 Å². The number of aliphatic hydroxyl groups is 1. The van der Waals surface area contributed by atoms with E-state index in [0.29, 0.717) is 0 Å². The molecule has 0 amide bonds. The Balaban J connectivity index is 1.95. The second-order valence-electron chi connectivity index (χ2n) is 4.02. The van der Waals surface area contributed by atoms with Crippen LogP contribution in [0.5, 0.6) is 0 Å². The van der Waals surface area contributed by atoms with Gasteiger partial charge in [-0.3, -0.25) is 0 Å². The normalized spacial score (nSPS) is 10.1. The zero-order valence-corrected chi connectivity index (χ0v) is 10.8. The molecule has 92 valence electrons. The average molecular weight is 257 g/mol. The summed E-state index contributed by atoms with van der Waals surface area (Å²) >= 11 is 5.33. The molecular formula is C15H15NOS. The van der Waals surface area contributed by atoms with Gasteiger partial charge in [-0.15, -0.1) is 0 Å². The topological polar surface area (TPSA) is 32.3 Å². The van der Waals surface area contributed by atoms with Crippen molar-refractivity contribution in [3.05, 3.63) is 71.3 Å². The van der Waals surface area contributed by atoms with E-state index in [9.17, 15) is 0 Å². The largest absolute Gasteiger partial charge is 0.392 e. The van der Waals surface area contributed by atoms with E-state index in [1.165, 1.54) is 5.56 Å². The number of thiocarbonyl (C=S) groups is 1. The molecule has 0 saturated carbocycles. The lowest BCUT2D eigenvalue weighted by atomic mass is 10.1. The molecule has 0 aliphatic rings. The molecule has 2 rings (SSSR count). The molecular weight excluding hydrogens is 242 g/mol. The summed E-state index contributed by atoms with van der Waals surface area (Å²) in [5.74, 6) is 0. The van der Waals surface area contributed by atoms with Crippen LogP contribution >= 0.6 is 12.2 Å². The maximum Gasteiger partial charge on any atom is 0.106 e. The van der Waals surface area contributed by atoms with Crippen molar-refractivity contribution in [3.8, 4) is 0 Å². The third kappa shape index (κ3) is 3.39. The molecule has 2 N–H and O–H groups in total. The highest BCUT2D eigenvalue weighted by atomic mass is 32.1. The lowest BCUT2D eigenvalue weighted by Crippen LogP contribution is -2.21. The Morgan fingerprint density at radius 3 is 2.22 bits per heavy atom. The summed E-state index contributed by atoms with van der Waals surface area (Å²) in [6, 6.07) is 17.7. The Morgan fingerprint density at radius 1 is 0.944 bits per heavy atom. The molecule has 2 aromatic rings. The van der Waals surface area contributed by atoms with Gasteiger partial charge in [0.15, 0.2) is 0 Å². The average Bonchev–Trinajstić information content (AvgIpc) is 2.46. The number of benzene rings is 2. The van der Waals surface area contributed by atoms with Crippen LogP contribution in [0.4, 0.5) is 0 Å². The summed E-state index contributed by atoms with van der Waals surface area (Å²) < 4.78 is 0. The molecule has 0 fully saturated rings. The van der Waals surface area contributed by atoms with Crippen LogP contribution in [0.3, 0.4) is 0 Å². The molecule has 0 spiro atoms. The first kappa shape index (κ1) is 12.7. The molecule has 0 bridgehead atoms. The smallest absolute Gasteiger partial charge is 0.106 e. The van der Waals surface area contributed by atoms with Crippen LogP contribution in [0.2, 0.25) is 0 Å². The van der Waals surface area contributed by atoms with E-state index in [-0.39, 0.29) is 6.61 Å². The minimum absolute atomic E-state index is 0.0600. The van der Waals surface area contributed by atoms with Crippen molar-refractivity contribution < 1.29 is 5.11 Å². The van der Waals surface area contributed by atoms with Crippen molar-refractivity contribution in [3.63, 3.8) is 0 Å². The van der Waals surface area contributed by atoms with E-state index in [0.717, 1.165) is 22.7 Å². The Morgan fingerprint density at radius 2 is 1.61 bits per heavy atom. The quantitative estimate of drug-likeness (QED) is 0.826. The second kappa shape index (κ2) is 6.28. The van der Waals surface area contributed by atoms with E-state index >= 15 is 0 Å². The van der Waals surface area contributed by atoms with Gasteiger partial charge >= 0.3 is 0 Å². The summed E-state index contributed by atoms with van der Waals surface area (Å²) in [6.07, 6.45) is 0. The minimum atomic E-state index is 0.0600. The van der Waals surface area contributed by atoms with Crippen LogP contribution in [0.1, 0.15) is 16.7 Å². The van der Waals surface area contributed by atoms with Crippen molar-refractivity contribution in [1.29, 1.82) is 0 Å². The Hall–Kier alpha value is -1.71. The summed E-state index contributed by atoms with van der Waals surface area (Å²) in [5, 5.41) is 12.2. The zero-order valence-electron chi connectivity index (χ0n) is 9.97. The van der Waals surface area contributed by atoms with Crippen molar-refractivity contribution in [2.75, 3.05) is 0 Å². The summed E-state index contributed by atoms with van der Waals surface area (Å²) in [5.41, 5.74) is 3.06. The van der Waals surface area contributed by atoms with E-state index < -0.39 is 0 Å². The highest BCUT2D eigenvalue weighted by molar-refractivity contribution is 7.80. The summed E-state index contributed by atoms with van der Waals surface area (Å²) in [4.78, 5) is 0.725. The first-order valence-corrected chi connectivity index (χ1v) is 6.22. The fraction of sp³-hybridized carbons (Fsp3) is 0.133. The maximum absolute atomic E-state index is 8.97. The highest BCUT2D eigenvalue weighted by Gasteiger charge is 2.00. The first-order chi connectivity index (χ1) is 8.79. The van der Waals surface area contributed by atoms with Gasteiger partial charge in [-0.2, -0.15) is 0 Å². The number of aliphatic hydroxyl groups excluding tert-OH is 1. The van der Waals surface area contributed by atoms with Gasteiger partial charge in [-0.25, -0.2) is 0 Å². The van der Waals surface area contributed by atoms with Crippen LogP contribution < -0.4 is 5.32 Å². The summed E-state index contributed by atoms with van der Waals surface area (Å²) in [7, 11) is 0. The number of nitrogens with one attached hydrogen (secondary N) is 1. The monoisotopic (exact) mass is 257 g/mol. The van der Waals surface area contributed by atoms with Gasteiger partial charge in [0.25, 0.3) is 0 Å². The van der Waals surface area contributed by atoms with Crippen molar-refractivity contribution >= 4 is 17.2 Å². The molecule has 18 heavy (non-hydrogen) atoms. The Bertz CT molecular complexity index is 508. The van der Waals surface area contributed by atoms with Gasteiger partial charge in [0, 0.05) is 12.1 Å². The Labute approximate surface area is 112 Å². The predicted octanol–water partition coefficient (Wildman–Crippen LogP) is 2.64. The molecule has 0 aliphatic heterocycles. The molecule has 0 saturated heterocycles. The molecule has 0 aliphatic carbocycles. The van der Waals surface area contributed by atoms with Crippen LogP contribution in [-0.2, 0) is 13.2 Å². The molecule has 0 heterocycles. The molecule has 2 nitrogen and oxygen atoms in total. The fourth-order valence-electron chi connectivity index (χ4n) is 1.64. The van der Waals surface area contributed by atoms with Crippen LogP contribution in [0.25, 0.3) is 0 Å². The van der Waals surface area contributed by atoms with E-state index in [1.807, 2.05) is 42.5 Å². The van der Waals surface area contributed by atoms with Gasteiger partial charge in [-0.05, 0) is 11.1 Å². The molecule has 3 heteroatoms. The number of hydrogen-bond acceptors (Lipinski definition) is 2. The van der Waals surface area contributed by atoms with Gasteiger partial charge in [0.2, 0.25) is 0 Å². The number of hydrogen-bond donors (Lipinski definition) is 2. The standard InChI is InChI=1S/C15H15NOS/c17-11-13-6-8-14(9-7-13)15(18)16-10-12-4-2-1-3-5-12/h1-9,17H,10-11H2,(H,16,18). The SMILES string of the molecule is OCc1ccc(C(=S)NCc2ccccc2)cc1. The lowest BCUT2D eigenvalue weighted by Gasteiger charge is -2.08. The number of rotatable bonds is 4. The van der Waals surface area contributed by atoms with Crippen molar-refractivity contribution in [2.24, 2.45) is 0 Å². The van der Waals surface area contributed by atoms with E-state index in [1.54, 1.807) is 0 Å².